The minimum Gasteiger partial charge on any atom is -0.313 e. The molecule has 0 spiro atoms. The molecule has 1 N–H and O–H groups in total. The Morgan fingerprint density at radius 1 is 1.15 bits per heavy atom. The smallest absolute Gasteiger partial charge is 0.00780 e. The minimum absolute atomic E-state index is 0. The topological polar surface area (TPSA) is 12.0 Å². The van der Waals surface area contributed by atoms with E-state index in [1.54, 1.807) is 0 Å². The van der Waals surface area contributed by atoms with Gasteiger partial charge in [-0.15, -0.1) is 0 Å². The standard InChI is InChI=1S/C10H19N.CH4.H2S/c1-9(2)4-8-5-10(3,6-9)7-11-8;;/h8,11H,4-7H2,1-3H3;1H4;1H2/t8-,10-;;/m1../s1. The van der Waals surface area contributed by atoms with Crippen LogP contribution in [0.5, 0.6) is 0 Å². The van der Waals surface area contributed by atoms with Crippen molar-refractivity contribution in [2.45, 2.75) is 53.5 Å². The minimum atomic E-state index is 0. The molecule has 0 radical (unpaired) electrons. The predicted molar refractivity (Wildman–Crippen MR) is 64.6 cm³/mol. The zero-order valence-electron chi connectivity index (χ0n) is 8.41. The van der Waals surface area contributed by atoms with E-state index >= 15 is 0 Å². The Morgan fingerprint density at radius 2 is 1.77 bits per heavy atom. The first-order chi connectivity index (χ1) is 4.99. The summed E-state index contributed by atoms with van der Waals surface area (Å²) in [6.45, 7) is 8.50. The highest BCUT2D eigenvalue weighted by Crippen LogP contribution is 2.48. The van der Waals surface area contributed by atoms with Crippen molar-refractivity contribution in [1.29, 1.82) is 0 Å². The molecule has 2 bridgehead atoms. The molecule has 2 heteroatoms. The zero-order chi connectivity index (χ0) is 8.11. The van der Waals surface area contributed by atoms with Gasteiger partial charge in [0.2, 0.25) is 0 Å². The molecular weight excluding hydrogens is 178 g/mol. The van der Waals surface area contributed by atoms with Crippen molar-refractivity contribution >= 4 is 13.5 Å². The molecule has 1 saturated heterocycles. The quantitative estimate of drug-likeness (QED) is 0.638. The fourth-order valence-electron chi connectivity index (χ4n) is 3.30. The molecule has 80 valence electrons. The van der Waals surface area contributed by atoms with Crippen LogP contribution < -0.4 is 5.32 Å². The van der Waals surface area contributed by atoms with Crippen LogP contribution in [-0.4, -0.2) is 12.6 Å². The van der Waals surface area contributed by atoms with Gasteiger partial charge < -0.3 is 5.32 Å². The van der Waals surface area contributed by atoms with Crippen molar-refractivity contribution in [3.8, 4) is 0 Å². The van der Waals surface area contributed by atoms with Crippen LogP contribution in [0, 0.1) is 10.8 Å². The first-order valence-electron chi connectivity index (χ1n) is 4.73. The average Bonchev–Trinajstić information content (AvgIpc) is 2.03. The normalized spacial score (nSPS) is 40.4. The van der Waals surface area contributed by atoms with E-state index in [0.29, 0.717) is 10.8 Å². The van der Waals surface area contributed by atoms with Gasteiger partial charge in [0, 0.05) is 12.6 Å². The number of rotatable bonds is 0. The van der Waals surface area contributed by atoms with E-state index in [1.807, 2.05) is 0 Å². The molecule has 2 rings (SSSR count). The molecule has 2 atom stereocenters. The van der Waals surface area contributed by atoms with Crippen LogP contribution in [0.4, 0.5) is 0 Å². The lowest BCUT2D eigenvalue weighted by atomic mass is 9.65. The van der Waals surface area contributed by atoms with Crippen LogP contribution in [0.3, 0.4) is 0 Å². The van der Waals surface area contributed by atoms with Crippen LogP contribution >= 0.6 is 13.5 Å². The zero-order valence-corrected chi connectivity index (χ0v) is 9.41. The van der Waals surface area contributed by atoms with Crippen molar-refractivity contribution in [2.75, 3.05) is 6.54 Å². The predicted octanol–water partition coefficient (Wildman–Crippen LogP) is 2.92. The summed E-state index contributed by atoms with van der Waals surface area (Å²) in [5, 5.41) is 3.61. The van der Waals surface area contributed by atoms with Crippen LogP contribution in [-0.2, 0) is 0 Å². The summed E-state index contributed by atoms with van der Waals surface area (Å²) in [6.07, 6.45) is 4.20. The molecule has 0 aromatic carbocycles. The lowest BCUT2D eigenvalue weighted by molar-refractivity contribution is 0.135. The molecule has 13 heavy (non-hydrogen) atoms. The first kappa shape index (κ1) is 13.3. The Kier molecular flexibility index (Phi) is 3.91. The molecule has 1 saturated carbocycles. The van der Waals surface area contributed by atoms with Crippen LogP contribution in [0.25, 0.3) is 0 Å². The average molecular weight is 203 g/mol. The summed E-state index contributed by atoms with van der Waals surface area (Å²) in [4.78, 5) is 0. The summed E-state index contributed by atoms with van der Waals surface area (Å²) in [7, 11) is 0. The summed E-state index contributed by atoms with van der Waals surface area (Å²) < 4.78 is 0. The molecule has 0 unspecified atom stereocenters. The highest BCUT2D eigenvalue weighted by Gasteiger charge is 2.45. The van der Waals surface area contributed by atoms with Gasteiger partial charge in [0.25, 0.3) is 0 Å². The maximum Gasteiger partial charge on any atom is 0.00780 e. The Morgan fingerprint density at radius 3 is 2.31 bits per heavy atom. The lowest BCUT2D eigenvalue weighted by Gasteiger charge is -2.39. The van der Waals surface area contributed by atoms with Crippen molar-refractivity contribution in [2.24, 2.45) is 10.8 Å². The van der Waals surface area contributed by atoms with Gasteiger partial charge in [-0.25, -0.2) is 0 Å². The molecule has 1 nitrogen and oxygen atoms in total. The van der Waals surface area contributed by atoms with Crippen molar-refractivity contribution < 1.29 is 0 Å². The fourth-order valence-corrected chi connectivity index (χ4v) is 3.30. The van der Waals surface area contributed by atoms with E-state index in [4.69, 9.17) is 0 Å². The second-order valence-corrected chi connectivity index (χ2v) is 5.64. The van der Waals surface area contributed by atoms with E-state index in [1.165, 1.54) is 25.8 Å². The second-order valence-electron chi connectivity index (χ2n) is 5.64. The summed E-state index contributed by atoms with van der Waals surface area (Å²) in [5.41, 5.74) is 1.20. The summed E-state index contributed by atoms with van der Waals surface area (Å²) >= 11 is 0. The lowest BCUT2D eigenvalue weighted by Crippen LogP contribution is -2.33. The summed E-state index contributed by atoms with van der Waals surface area (Å²) in [5.74, 6) is 0. The maximum absolute atomic E-state index is 3.61. The van der Waals surface area contributed by atoms with Gasteiger partial charge >= 0.3 is 0 Å². The third-order valence-electron chi connectivity index (χ3n) is 3.26. The van der Waals surface area contributed by atoms with E-state index in [2.05, 4.69) is 26.1 Å². The molecule has 1 aliphatic heterocycles. The SMILES string of the molecule is C.CC1(C)C[C@@H]2C[C@@](C)(CN2)C1.S. The van der Waals surface area contributed by atoms with Crippen LogP contribution in [0.15, 0.2) is 0 Å². The van der Waals surface area contributed by atoms with E-state index in [-0.39, 0.29) is 20.9 Å². The van der Waals surface area contributed by atoms with Gasteiger partial charge in [-0.3, -0.25) is 0 Å². The molecule has 2 fully saturated rings. The maximum atomic E-state index is 3.61. The molecule has 0 aromatic rings. The molecule has 1 heterocycles. The fraction of sp³-hybridized carbons (Fsp3) is 1.00. The van der Waals surface area contributed by atoms with Gasteiger partial charge in [-0.1, -0.05) is 28.2 Å². The third-order valence-corrected chi connectivity index (χ3v) is 3.26. The summed E-state index contributed by atoms with van der Waals surface area (Å²) in [6, 6.07) is 0.823. The Balaban J connectivity index is 0.000000720. The number of hydrogen-bond acceptors (Lipinski definition) is 1. The number of fused-ring (bicyclic) bond motifs is 2. The largest absolute Gasteiger partial charge is 0.313 e. The van der Waals surface area contributed by atoms with E-state index < -0.39 is 0 Å². The van der Waals surface area contributed by atoms with E-state index in [0.717, 1.165) is 6.04 Å². The number of nitrogens with one attached hydrogen (secondary N) is 1. The van der Waals surface area contributed by atoms with Gasteiger partial charge in [-0.2, -0.15) is 13.5 Å². The highest BCUT2D eigenvalue weighted by molar-refractivity contribution is 7.59. The Bertz CT molecular complexity index is 179. The Labute approximate surface area is 90.1 Å². The van der Waals surface area contributed by atoms with Crippen molar-refractivity contribution in [3.63, 3.8) is 0 Å². The van der Waals surface area contributed by atoms with Crippen molar-refractivity contribution in [1.82, 2.24) is 5.32 Å². The van der Waals surface area contributed by atoms with Crippen LogP contribution in [0.1, 0.15) is 47.5 Å². The second kappa shape index (κ2) is 3.82. The molecule has 0 amide bonds. The first-order valence-corrected chi connectivity index (χ1v) is 4.73. The van der Waals surface area contributed by atoms with E-state index in [9.17, 15) is 0 Å². The molecule has 2 aliphatic rings. The van der Waals surface area contributed by atoms with Crippen LogP contribution in [0.2, 0.25) is 0 Å². The Hall–Kier alpha value is 0.310. The van der Waals surface area contributed by atoms with Crippen molar-refractivity contribution in [3.05, 3.63) is 0 Å². The molecular formula is C11H25NS. The monoisotopic (exact) mass is 203 g/mol. The molecule has 1 aliphatic carbocycles. The third kappa shape index (κ3) is 2.63. The van der Waals surface area contributed by atoms with Gasteiger partial charge in [0.05, 0.1) is 0 Å². The van der Waals surface area contributed by atoms with Gasteiger partial charge in [-0.05, 0) is 30.1 Å². The van der Waals surface area contributed by atoms with Gasteiger partial charge in [0.15, 0.2) is 0 Å². The number of hydrogen-bond donors (Lipinski definition) is 1. The highest BCUT2D eigenvalue weighted by atomic mass is 32.1. The van der Waals surface area contributed by atoms with Gasteiger partial charge in [0.1, 0.15) is 0 Å². The molecule has 0 aromatic heterocycles.